The van der Waals surface area contributed by atoms with Gasteiger partial charge in [-0.05, 0) is 76.2 Å². The van der Waals surface area contributed by atoms with Crippen LogP contribution in [0.15, 0.2) is 97.1 Å². The van der Waals surface area contributed by atoms with E-state index in [2.05, 4.69) is 105 Å². The van der Waals surface area contributed by atoms with Crippen LogP contribution in [0.25, 0.3) is 0 Å². The van der Waals surface area contributed by atoms with Crippen molar-refractivity contribution in [2.75, 3.05) is 12.0 Å². The first-order valence-corrected chi connectivity index (χ1v) is 10.6. The summed E-state index contributed by atoms with van der Waals surface area (Å²) in [7, 11) is 1.67. The lowest BCUT2D eigenvalue weighted by Crippen LogP contribution is -2.09. The number of aryl methyl sites for hydroxylation is 4. The molecule has 0 saturated carbocycles. The fraction of sp³-hybridized carbons (Fsp3) is 0.172. The van der Waals surface area contributed by atoms with Crippen molar-refractivity contribution in [3.8, 4) is 5.75 Å². The Bertz CT molecular complexity index is 955. The summed E-state index contributed by atoms with van der Waals surface area (Å²) in [6, 6.07) is 34.0. The maximum Gasteiger partial charge on any atom is 0.118 e. The number of nitrogens with zero attached hydrogens (tertiary/aromatic N) is 1. The van der Waals surface area contributed by atoms with Gasteiger partial charge in [0.2, 0.25) is 0 Å². The van der Waals surface area contributed by atoms with Crippen LogP contribution in [0.3, 0.4) is 0 Å². The third kappa shape index (κ3) is 6.23. The standard InChI is InChI=1S/C21H21N.C8H10O/c1-16-4-10-19(11-5-16)22(20-12-6-17(2)7-13-20)21-14-8-18(3)9-15-21;1-7-3-5-8(9-2)6-4-7/h4-15H,1-3H3;3-6H,1-2H3. The number of rotatable bonds is 4. The maximum absolute atomic E-state index is 4.97. The van der Waals surface area contributed by atoms with Crippen LogP contribution < -0.4 is 9.64 Å². The van der Waals surface area contributed by atoms with Gasteiger partial charge >= 0.3 is 0 Å². The van der Waals surface area contributed by atoms with Crippen molar-refractivity contribution in [1.29, 1.82) is 0 Å². The Hall–Kier alpha value is -3.52. The van der Waals surface area contributed by atoms with Gasteiger partial charge in [0.25, 0.3) is 0 Å². The van der Waals surface area contributed by atoms with Gasteiger partial charge in [-0.15, -0.1) is 0 Å². The van der Waals surface area contributed by atoms with Crippen molar-refractivity contribution >= 4 is 17.1 Å². The van der Waals surface area contributed by atoms with E-state index in [0.717, 1.165) is 5.75 Å². The van der Waals surface area contributed by atoms with E-state index in [4.69, 9.17) is 4.74 Å². The van der Waals surface area contributed by atoms with Crippen LogP contribution >= 0.6 is 0 Å². The zero-order chi connectivity index (χ0) is 22.2. The maximum atomic E-state index is 4.97. The van der Waals surface area contributed by atoms with Gasteiger partial charge < -0.3 is 9.64 Å². The molecular weight excluding hydrogens is 378 g/mol. The van der Waals surface area contributed by atoms with Crippen molar-refractivity contribution in [1.82, 2.24) is 0 Å². The summed E-state index contributed by atoms with van der Waals surface area (Å²) in [5.74, 6) is 0.917. The van der Waals surface area contributed by atoms with Gasteiger partial charge in [0.05, 0.1) is 7.11 Å². The molecule has 0 aliphatic heterocycles. The average Bonchev–Trinajstić information content (AvgIpc) is 2.79. The molecule has 0 saturated heterocycles. The summed E-state index contributed by atoms with van der Waals surface area (Å²) in [5, 5.41) is 0. The smallest absolute Gasteiger partial charge is 0.118 e. The predicted octanol–water partition coefficient (Wildman–Crippen LogP) is 8.09. The molecule has 0 amide bonds. The fourth-order valence-electron chi connectivity index (χ4n) is 3.20. The molecule has 158 valence electrons. The van der Waals surface area contributed by atoms with Gasteiger partial charge in [-0.3, -0.25) is 0 Å². The van der Waals surface area contributed by atoms with E-state index in [-0.39, 0.29) is 0 Å². The van der Waals surface area contributed by atoms with Crippen molar-refractivity contribution in [3.05, 3.63) is 119 Å². The molecule has 0 fully saturated rings. The summed E-state index contributed by atoms with van der Waals surface area (Å²) in [6.07, 6.45) is 0. The molecule has 0 bridgehead atoms. The molecule has 0 heterocycles. The fourth-order valence-corrected chi connectivity index (χ4v) is 3.20. The molecule has 0 unspecified atom stereocenters. The summed E-state index contributed by atoms with van der Waals surface area (Å²) in [5.41, 5.74) is 8.62. The first-order valence-electron chi connectivity index (χ1n) is 10.6. The average molecular weight is 410 g/mol. The number of anilines is 3. The molecule has 4 rings (SSSR count). The molecule has 0 aliphatic rings. The number of hydrogen-bond donors (Lipinski definition) is 0. The molecule has 0 atom stereocenters. The monoisotopic (exact) mass is 409 g/mol. The van der Waals surface area contributed by atoms with Crippen molar-refractivity contribution in [2.45, 2.75) is 27.7 Å². The first kappa shape index (κ1) is 22.2. The molecule has 0 spiro atoms. The van der Waals surface area contributed by atoms with Crippen LogP contribution in [-0.4, -0.2) is 7.11 Å². The van der Waals surface area contributed by atoms with E-state index in [9.17, 15) is 0 Å². The van der Waals surface area contributed by atoms with Crippen LogP contribution in [0.5, 0.6) is 5.75 Å². The van der Waals surface area contributed by atoms with Crippen LogP contribution in [-0.2, 0) is 0 Å². The molecule has 4 aromatic carbocycles. The number of ether oxygens (including phenoxy) is 1. The van der Waals surface area contributed by atoms with E-state index in [0.29, 0.717) is 0 Å². The predicted molar refractivity (Wildman–Crippen MR) is 133 cm³/mol. The second-order valence-electron chi connectivity index (χ2n) is 7.86. The summed E-state index contributed by atoms with van der Waals surface area (Å²) >= 11 is 0. The van der Waals surface area contributed by atoms with E-state index < -0.39 is 0 Å². The zero-order valence-electron chi connectivity index (χ0n) is 19.1. The largest absolute Gasteiger partial charge is 0.497 e. The van der Waals surface area contributed by atoms with E-state index in [1.54, 1.807) is 7.11 Å². The summed E-state index contributed by atoms with van der Waals surface area (Å²) in [4.78, 5) is 2.29. The van der Waals surface area contributed by atoms with Crippen LogP contribution in [0, 0.1) is 27.7 Å². The Labute approximate surface area is 186 Å². The van der Waals surface area contributed by atoms with Gasteiger partial charge in [-0.25, -0.2) is 0 Å². The van der Waals surface area contributed by atoms with Crippen LogP contribution in [0.4, 0.5) is 17.1 Å². The Kier molecular flexibility index (Phi) is 7.50. The molecular formula is C29H31NO. The molecule has 0 N–H and O–H groups in total. The highest BCUT2D eigenvalue weighted by Gasteiger charge is 2.11. The van der Waals surface area contributed by atoms with Gasteiger partial charge in [-0.1, -0.05) is 70.8 Å². The molecule has 2 heteroatoms. The van der Waals surface area contributed by atoms with Crippen LogP contribution in [0.1, 0.15) is 22.3 Å². The quantitative estimate of drug-likeness (QED) is 0.338. The minimum atomic E-state index is 0.917. The van der Waals surface area contributed by atoms with E-state index >= 15 is 0 Å². The number of benzene rings is 4. The molecule has 2 nitrogen and oxygen atoms in total. The first-order chi connectivity index (χ1) is 15.0. The molecule has 0 radical (unpaired) electrons. The lowest BCUT2D eigenvalue weighted by molar-refractivity contribution is 0.414. The van der Waals surface area contributed by atoms with Crippen LogP contribution in [0.2, 0.25) is 0 Å². The van der Waals surface area contributed by atoms with E-state index in [1.807, 2.05) is 24.3 Å². The summed E-state index contributed by atoms with van der Waals surface area (Å²) < 4.78 is 4.97. The highest BCUT2D eigenvalue weighted by atomic mass is 16.5. The lowest BCUT2D eigenvalue weighted by atomic mass is 10.1. The Morgan fingerprint density at radius 1 is 0.419 bits per heavy atom. The second kappa shape index (κ2) is 10.5. The normalized spacial score (nSPS) is 10.1. The van der Waals surface area contributed by atoms with Gasteiger partial charge in [0.1, 0.15) is 5.75 Å². The Morgan fingerprint density at radius 3 is 0.935 bits per heavy atom. The van der Waals surface area contributed by atoms with Crippen molar-refractivity contribution in [2.24, 2.45) is 0 Å². The zero-order valence-corrected chi connectivity index (χ0v) is 19.1. The molecule has 31 heavy (non-hydrogen) atoms. The van der Waals surface area contributed by atoms with Crippen molar-refractivity contribution in [3.63, 3.8) is 0 Å². The van der Waals surface area contributed by atoms with Gasteiger partial charge in [0.15, 0.2) is 0 Å². The van der Waals surface area contributed by atoms with E-state index in [1.165, 1.54) is 39.3 Å². The third-order valence-corrected chi connectivity index (χ3v) is 5.13. The highest BCUT2D eigenvalue weighted by molar-refractivity contribution is 5.76. The topological polar surface area (TPSA) is 12.5 Å². The third-order valence-electron chi connectivity index (χ3n) is 5.13. The lowest BCUT2D eigenvalue weighted by Gasteiger charge is -2.25. The van der Waals surface area contributed by atoms with Gasteiger partial charge in [-0.2, -0.15) is 0 Å². The molecule has 0 aliphatic carbocycles. The Morgan fingerprint density at radius 2 is 0.677 bits per heavy atom. The number of hydrogen-bond acceptors (Lipinski definition) is 2. The molecule has 4 aromatic rings. The minimum Gasteiger partial charge on any atom is -0.497 e. The van der Waals surface area contributed by atoms with Gasteiger partial charge in [0, 0.05) is 17.1 Å². The second-order valence-corrected chi connectivity index (χ2v) is 7.86. The SMILES string of the molecule is COc1ccc(C)cc1.Cc1ccc(N(c2ccc(C)cc2)c2ccc(C)cc2)cc1. The summed E-state index contributed by atoms with van der Waals surface area (Å²) in [6.45, 7) is 8.41. The van der Waals surface area contributed by atoms with Crippen molar-refractivity contribution < 1.29 is 4.74 Å². The number of methoxy groups -OCH3 is 1. The Balaban J connectivity index is 0.000000254. The minimum absolute atomic E-state index is 0.917. The highest BCUT2D eigenvalue weighted by Crippen LogP contribution is 2.34. The molecule has 0 aromatic heterocycles.